The highest BCUT2D eigenvalue weighted by molar-refractivity contribution is 7.15. The molecule has 31 heavy (non-hydrogen) atoms. The summed E-state index contributed by atoms with van der Waals surface area (Å²) in [5.41, 5.74) is 6.46. The summed E-state index contributed by atoms with van der Waals surface area (Å²) in [6.07, 6.45) is 3.06. The van der Waals surface area contributed by atoms with Gasteiger partial charge in [0.2, 0.25) is 0 Å². The van der Waals surface area contributed by atoms with Crippen molar-refractivity contribution in [2.45, 2.75) is 53.7 Å². The van der Waals surface area contributed by atoms with Gasteiger partial charge in [-0.05, 0) is 50.5 Å². The van der Waals surface area contributed by atoms with Crippen LogP contribution in [-0.4, -0.2) is 20.7 Å². The number of rotatable bonds is 7. The Hall–Kier alpha value is -2.99. The van der Waals surface area contributed by atoms with Gasteiger partial charge in [0.05, 0.1) is 17.6 Å². The zero-order valence-electron chi connectivity index (χ0n) is 18.4. The molecule has 0 aliphatic carbocycles. The van der Waals surface area contributed by atoms with Gasteiger partial charge in [0.25, 0.3) is 0 Å². The summed E-state index contributed by atoms with van der Waals surface area (Å²) >= 11 is 1.59. The highest BCUT2D eigenvalue weighted by Gasteiger charge is 2.17. The van der Waals surface area contributed by atoms with E-state index >= 15 is 0 Å². The van der Waals surface area contributed by atoms with Crippen LogP contribution in [0.5, 0.6) is 0 Å². The predicted octanol–water partition coefficient (Wildman–Crippen LogP) is 5.64. The molecule has 2 heterocycles. The normalized spacial score (nSPS) is 11.2. The summed E-state index contributed by atoms with van der Waals surface area (Å²) in [6, 6.07) is 12.3. The lowest BCUT2D eigenvalue weighted by molar-refractivity contribution is -0.144. The zero-order chi connectivity index (χ0) is 22.0. The maximum absolute atomic E-state index is 12.6. The number of benzene rings is 2. The summed E-state index contributed by atoms with van der Waals surface area (Å²) in [4.78, 5) is 18.4. The number of carbonyl (C=O) groups is 1. The van der Waals surface area contributed by atoms with Gasteiger partial charge in [-0.15, -0.1) is 11.3 Å². The van der Waals surface area contributed by atoms with Gasteiger partial charge in [0.15, 0.2) is 0 Å². The van der Waals surface area contributed by atoms with E-state index < -0.39 is 0 Å². The van der Waals surface area contributed by atoms with Crippen molar-refractivity contribution in [3.8, 4) is 10.6 Å². The fraction of sp³-hybridized carbons (Fsp3) is 0.320. The quantitative estimate of drug-likeness (QED) is 0.354. The fourth-order valence-electron chi connectivity index (χ4n) is 3.69. The smallest absolute Gasteiger partial charge is 0.311 e. The molecule has 0 N–H and O–H groups in total. The lowest BCUT2D eigenvalue weighted by atomic mass is 10.1. The van der Waals surface area contributed by atoms with E-state index in [1.807, 2.05) is 29.1 Å². The third kappa shape index (κ3) is 4.69. The Labute approximate surface area is 186 Å². The van der Waals surface area contributed by atoms with Crippen molar-refractivity contribution in [3.05, 3.63) is 69.9 Å². The van der Waals surface area contributed by atoms with Crippen LogP contribution in [0.1, 0.15) is 41.1 Å². The van der Waals surface area contributed by atoms with Gasteiger partial charge in [-0.25, -0.2) is 4.98 Å². The van der Waals surface area contributed by atoms with E-state index in [1.54, 1.807) is 11.3 Å². The Morgan fingerprint density at radius 2 is 1.97 bits per heavy atom. The van der Waals surface area contributed by atoms with E-state index in [2.05, 4.69) is 51.0 Å². The maximum Gasteiger partial charge on any atom is 0.311 e. The van der Waals surface area contributed by atoms with Gasteiger partial charge in [0, 0.05) is 28.6 Å². The summed E-state index contributed by atoms with van der Waals surface area (Å²) in [7, 11) is 0. The van der Waals surface area contributed by atoms with Crippen molar-refractivity contribution in [1.82, 2.24) is 14.8 Å². The minimum Gasteiger partial charge on any atom is -0.461 e. The summed E-state index contributed by atoms with van der Waals surface area (Å²) < 4.78 is 7.49. The number of hydrogen-bond acceptors (Lipinski definition) is 5. The van der Waals surface area contributed by atoms with Gasteiger partial charge in [-0.2, -0.15) is 5.10 Å². The first kappa shape index (κ1) is 21.2. The number of esters is 1. The second-order valence-corrected chi connectivity index (χ2v) is 8.86. The number of carbonyl (C=O) groups excluding carboxylic acids is 1. The lowest BCUT2D eigenvalue weighted by Crippen LogP contribution is -2.08. The molecular formula is C25H27N3O2S. The fourth-order valence-corrected chi connectivity index (χ4v) is 4.92. The molecule has 0 unspecified atom stereocenters. The first-order valence-electron chi connectivity index (χ1n) is 10.6. The van der Waals surface area contributed by atoms with Crippen molar-refractivity contribution in [2.24, 2.45) is 0 Å². The van der Waals surface area contributed by atoms with Crippen LogP contribution in [0.4, 0.5) is 0 Å². The summed E-state index contributed by atoms with van der Waals surface area (Å²) in [6.45, 7) is 9.41. The maximum atomic E-state index is 12.6. The third-order valence-corrected chi connectivity index (χ3v) is 6.50. The largest absolute Gasteiger partial charge is 0.461 e. The van der Waals surface area contributed by atoms with Gasteiger partial charge in [-0.1, -0.05) is 36.8 Å². The highest BCUT2D eigenvalue weighted by atomic mass is 32.1. The predicted molar refractivity (Wildman–Crippen MR) is 125 cm³/mol. The number of aromatic nitrogens is 3. The van der Waals surface area contributed by atoms with Crippen molar-refractivity contribution in [3.63, 3.8) is 0 Å². The molecule has 0 radical (unpaired) electrons. The van der Waals surface area contributed by atoms with E-state index in [4.69, 9.17) is 9.72 Å². The van der Waals surface area contributed by atoms with Gasteiger partial charge >= 0.3 is 5.97 Å². The number of nitrogens with zero attached hydrogens (tertiary/aromatic N) is 3. The first-order chi connectivity index (χ1) is 15.0. The van der Waals surface area contributed by atoms with Gasteiger partial charge < -0.3 is 4.74 Å². The molecule has 0 atom stereocenters. The van der Waals surface area contributed by atoms with E-state index in [1.165, 1.54) is 11.1 Å². The van der Waals surface area contributed by atoms with Crippen molar-refractivity contribution >= 4 is 28.2 Å². The lowest BCUT2D eigenvalue weighted by Gasteiger charge is -2.05. The molecule has 0 aliphatic rings. The van der Waals surface area contributed by atoms with Crippen molar-refractivity contribution < 1.29 is 9.53 Å². The molecule has 2 aromatic heterocycles. The van der Waals surface area contributed by atoms with Crippen LogP contribution in [0.25, 0.3) is 21.5 Å². The van der Waals surface area contributed by atoms with E-state index in [0.29, 0.717) is 0 Å². The molecule has 0 saturated carbocycles. The number of thiazole rings is 1. The standard InChI is InChI=1S/C25H27N3O2S/c1-5-21-23(31-25(26-21)20-9-7-16(3)11-17(20)4)13-24(29)30-15-18-8-10-22-19(12-18)14-28(6-2)27-22/h7-12,14H,5-6,13,15H2,1-4H3. The Morgan fingerprint density at radius 1 is 1.13 bits per heavy atom. The molecule has 160 valence electrons. The van der Waals surface area contributed by atoms with E-state index in [0.717, 1.165) is 50.6 Å². The second-order valence-electron chi connectivity index (χ2n) is 7.78. The number of fused-ring (bicyclic) bond motifs is 1. The molecule has 0 amide bonds. The SMILES string of the molecule is CCc1nc(-c2ccc(C)cc2C)sc1CC(=O)OCc1ccc2nn(CC)cc2c1. The molecule has 4 rings (SSSR count). The molecule has 0 bridgehead atoms. The Bertz CT molecular complexity index is 1240. The third-order valence-electron chi connectivity index (χ3n) is 5.37. The molecule has 2 aromatic carbocycles. The van der Waals surface area contributed by atoms with Crippen LogP contribution < -0.4 is 0 Å². The van der Waals surface area contributed by atoms with E-state index in [9.17, 15) is 4.79 Å². The summed E-state index contributed by atoms with van der Waals surface area (Å²) in [5.74, 6) is -0.227. The molecule has 5 nitrogen and oxygen atoms in total. The minimum absolute atomic E-state index is 0.227. The number of aryl methyl sites for hydroxylation is 4. The highest BCUT2D eigenvalue weighted by Crippen LogP contribution is 2.31. The van der Waals surface area contributed by atoms with Crippen LogP contribution in [0.3, 0.4) is 0 Å². The number of hydrogen-bond donors (Lipinski definition) is 0. The molecule has 4 aromatic rings. The Morgan fingerprint density at radius 3 is 2.71 bits per heavy atom. The average Bonchev–Trinajstić information content (AvgIpc) is 3.35. The van der Waals surface area contributed by atoms with Gasteiger partial charge in [-0.3, -0.25) is 9.48 Å². The molecular weight excluding hydrogens is 406 g/mol. The zero-order valence-corrected chi connectivity index (χ0v) is 19.3. The van der Waals surface area contributed by atoms with Crippen molar-refractivity contribution in [1.29, 1.82) is 0 Å². The van der Waals surface area contributed by atoms with Crippen LogP contribution in [0.15, 0.2) is 42.6 Å². The second kappa shape index (κ2) is 9.02. The molecule has 0 saturated heterocycles. The molecule has 0 fully saturated rings. The number of ether oxygens (including phenoxy) is 1. The van der Waals surface area contributed by atoms with Crippen LogP contribution in [0, 0.1) is 13.8 Å². The monoisotopic (exact) mass is 433 g/mol. The minimum atomic E-state index is -0.227. The molecule has 0 aliphatic heterocycles. The molecule has 6 heteroatoms. The Kier molecular flexibility index (Phi) is 6.18. The first-order valence-corrected chi connectivity index (χ1v) is 11.5. The van der Waals surface area contributed by atoms with Crippen molar-refractivity contribution in [2.75, 3.05) is 0 Å². The van der Waals surface area contributed by atoms with E-state index in [-0.39, 0.29) is 19.0 Å². The van der Waals surface area contributed by atoms with Crippen LogP contribution in [0.2, 0.25) is 0 Å². The Balaban J connectivity index is 1.45. The topological polar surface area (TPSA) is 57.0 Å². The van der Waals surface area contributed by atoms with Crippen LogP contribution in [-0.2, 0) is 35.5 Å². The van der Waals surface area contributed by atoms with Gasteiger partial charge in [0.1, 0.15) is 11.6 Å². The summed E-state index contributed by atoms with van der Waals surface area (Å²) in [5, 5.41) is 6.51. The molecule has 0 spiro atoms. The average molecular weight is 434 g/mol. The van der Waals surface area contributed by atoms with Crippen LogP contribution >= 0.6 is 11.3 Å².